The van der Waals surface area contributed by atoms with E-state index in [1.807, 2.05) is 25.1 Å². The molecule has 1 saturated heterocycles. The van der Waals surface area contributed by atoms with Gasteiger partial charge in [0.15, 0.2) is 0 Å². The number of benzene rings is 1. The molecule has 21 heavy (non-hydrogen) atoms. The first-order chi connectivity index (χ1) is 9.69. The van der Waals surface area contributed by atoms with Crippen LogP contribution in [0.5, 0.6) is 5.75 Å². The van der Waals surface area contributed by atoms with Gasteiger partial charge >= 0.3 is 0 Å². The zero-order valence-corrected chi connectivity index (χ0v) is 13.6. The first-order valence-corrected chi connectivity index (χ1v) is 7.45. The summed E-state index contributed by atoms with van der Waals surface area (Å²) in [6.45, 7) is 5.77. The van der Waals surface area contributed by atoms with Crippen LogP contribution < -0.4 is 15.4 Å². The highest BCUT2D eigenvalue weighted by Crippen LogP contribution is 2.26. The maximum atomic E-state index is 12.1. The Labute approximate surface area is 133 Å². The molecule has 0 bridgehead atoms. The third-order valence-electron chi connectivity index (χ3n) is 3.47. The van der Waals surface area contributed by atoms with Gasteiger partial charge in [0.2, 0.25) is 5.91 Å². The van der Waals surface area contributed by atoms with E-state index in [0.717, 1.165) is 42.8 Å². The van der Waals surface area contributed by atoms with Crippen molar-refractivity contribution in [1.29, 1.82) is 0 Å². The molecule has 0 radical (unpaired) electrons. The molecule has 5 heteroatoms. The van der Waals surface area contributed by atoms with Crippen molar-refractivity contribution >= 4 is 24.0 Å². The molecule has 2 rings (SSSR count). The van der Waals surface area contributed by atoms with Crippen molar-refractivity contribution in [3.8, 4) is 5.75 Å². The van der Waals surface area contributed by atoms with E-state index in [1.165, 1.54) is 0 Å². The minimum Gasteiger partial charge on any atom is -0.491 e. The van der Waals surface area contributed by atoms with Gasteiger partial charge in [0, 0.05) is 12.5 Å². The number of rotatable bonds is 6. The third-order valence-corrected chi connectivity index (χ3v) is 3.47. The highest BCUT2D eigenvalue weighted by molar-refractivity contribution is 5.92. The Kier molecular flexibility index (Phi) is 7.54. The van der Waals surface area contributed by atoms with Crippen molar-refractivity contribution in [2.45, 2.75) is 45.6 Å². The monoisotopic (exact) mass is 312 g/mol. The number of hydrogen-bond donors (Lipinski definition) is 2. The largest absolute Gasteiger partial charge is 0.491 e. The fourth-order valence-electron chi connectivity index (χ4n) is 2.42. The first-order valence-electron chi connectivity index (χ1n) is 7.45. The van der Waals surface area contributed by atoms with Gasteiger partial charge in [-0.2, -0.15) is 0 Å². The number of carbonyl (C=O) groups excluding carboxylic acids is 1. The number of amides is 1. The minimum atomic E-state index is 0. The lowest BCUT2D eigenvalue weighted by atomic mass is 10.1. The number of hydrogen-bond acceptors (Lipinski definition) is 3. The van der Waals surface area contributed by atoms with Crippen LogP contribution >= 0.6 is 12.4 Å². The first kappa shape index (κ1) is 17.8. The van der Waals surface area contributed by atoms with Crippen LogP contribution in [0.4, 0.5) is 5.69 Å². The Morgan fingerprint density at radius 2 is 2.29 bits per heavy atom. The smallest absolute Gasteiger partial charge is 0.226 e. The summed E-state index contributed by atoms with van der Waals surface area (Å²) in [6.07, 6.45) is 3.72. The van der Waals surface area contributed by atoms with E-state index < -0.39 is 0 Å². The molecule has 0 aromatic heterocycles. The molecule has 1 atom stereocenters. The summed E-state index contributed by atoms with van der Waals surface area (Å²) in [5.41, 5.74) is 1.90. The van der Waals surface area contributed by atoms with E-state index in [2.05, 4.69) is 17.6 Å². The zero-order valence-electron chi connectivity index (χ0n) is 12.8. The van der Waals surface area contributed by atoms with Crippen LogP contribution in [-0.4, -0.2) is 25.1 Å². The summed E-state index contributed by atoms with van der Waals surface area (Å²) in [4.78, 5) is 12.1. The highest BCUT2D eigenvalue weighted by atomic mass is 35.5. The second-order valence-electron chi connectivity index (χ2n) is 5.39. The molecule has 0 spiro atoms. The van der Waals surface area contributed by atoms with Crippen molar-refractivity contribution in [2.24, 2.45) is 0 Å². The maximum absolute atomic E-state index is 12.1. The van der Waals surface area contributed by atoms with E-state index in [1.54, 1.807) is 0 Å². The Balaban J connectivity index is 0.00000220. The normalized spacial score (nSPS) is 17.1. The fourth-order valence-corrected chi connectivity index (χ4v) is 2.42. The molecule has 1 aromatic carbocycles. The predicted molar refractivity (Wildman–Crippen MR) is 88.5 cm³/mol. The number of ether oxygens (including phenoxy) is 1. The van der Waals surface area contributed by atoms with Gasteiger partial charge in [-0.3, -0.25) is 4.79 Å². The lowest BCUT2D eigenvalue weighted by molar-refractivity contribution is -0.116. The summed E-state index contributed by atoms with van der Waals surface area (Å²) in [5, 5.41) is 6.31. The van der Waals surface area contributed by atoms with Gasteiger partial charge < -0.3 is 15.4 Å². The van der Waals surface area contributed by atoms with Crippen LogP contribution in [0.3, 0.4) is 0 Å². The summed E-state index contributed by atoms with van der Waals surface area (Å²) in [7, 11) is 0. The Morgan fingerprint density at radius 3 is 2.95 bits per heavy atom. The standard InChI is InChI=1S/C16H24N2O2.ClH/c1-3-9-20-15-10-12(2)6-7-14(15)18-16(19)11-13-5-4-8-17-13;/h6-7,10,13,17H,3-5,8-9,11H2,1-2H3,(H,18,19);1H. The van der Waals surface area contributed by atoms with E-state index in [9.17, 15) is 4.79 Å². The molecule has 4 nitrogen and oxygen atoms in total. The minimum absolute atomic E-state index is 0. The van der Waals surface area contributed by atoms with Gasteiger partial charge in [0.1, 0.15) is 5.75 Å². The van der Waals surface area contributed by atoms with E-state index in [0.29, 0.717) is 19.1 Å². The van der Waals surface area contributed by atoms with Crippen LogP contribution in [-0.2, 0) is 4.79 Å². The van der Waals surface area contributed by atoms with Gasteiger partial charge in [-0.05, 0) is 50.4 Å². The number of aryl methyl sites for hydroxylation is 1. The maximum Gasteiger partial charge on any atom is 0.226 e. The van der Waals surface area contributed by atoms with Crippen LogP contribution in [0, 0.1) is 6.92 Å². The van der Waals surface area contributed by atoms with E-state index in [-0.39, 0.29) is 18.3 Å². The second kappa shape index (κ2) is 8.90. The quantitative estimate of drug-likeness (QED) is 0.847. The molecule has 0 aliphatic carbocycles. The average Bonchev–Trinajstić information content (AvgIpc) is 2.91. The molecule has 2 N–H and O–H groups in total. The Morgan fingerprint density at radius 1 is 1.48 bits per heavy atom. The molecule has 0 saturated carbocycles. The molecule has 1 aliphatic heterocycles. The van der Waals surface area contributed by atoms with Crippen LogP contribution in [0.25, 0.3) is 0 Å². The van der Waals surface area contributed by atoms with Gasteiger partial charge in [-0.15, -0.1) is 12.4 Å². The number of carbonyl (C=O) groups is 1. The van der Waals surface area contributed by atoms with Gasteiger partial charge in [-0.1, -0.05) is 13.0 Å². The molecule has 118 valence electrons. The highest BCUT2D eigenvalue weighted by Gasteiger charge is 2.18. The Hall–Kier alpha value is -1.26. The van der Waals surface area contributed by atoms with E-state index in [4.69, 9.17) is 4.74 Å². The third kappa shape index (κ3) is 5.56. The molecule has 1 aromatic rings. The van der Waals surface area contributed by atoms with Crippen LogP contribution in [0.2, 0.25) is 0 Å². The van der Waals surface area contributed by atoms with Gasteiger partial charge in [0.25, 0.3) is 0 Å². The molecule has 1 heterocycles. The lowest BCUT2D eigenvalue weighted by Crippen LogP contribution is -2.27. The number of anilines is 1. The Bertz CT molecular complexity index is 460. The summed E-state index contributed by atoms with van der Waals surface area (Å²) in [6, 6.07) is 6.20. The SMILES string of the molecule is CCCOc1cc(C)ccc1NC(=O)CC1CCCN1.Cl. The van der Waals surface area contributed by atoms with Crippen molar-refractivity contribution in [1.82, 2.24) is 5.32 Å². The fraction of sp³-hybridized carbons (Fsp3) is 0.562. The molecular weight excluding hydrogens is 288 g/mol. The average molecular weight is 313 g/mol. The zero-order chi connectivity index (χ0) is 14.4. The van der Waals surface area contributed by atoms with Gasteiger partial charge in [-0.25, -0.2) is 0 Å². The van der Waals surface area contributed by atoms with Crippen molar-refractivity contribution < 1.29 is 9.53 Å². The summed E-state index contributed by atoms with van der Waals surface area (Å²) < 4.78 is 5.71. The molecule has 1 amide bonds. The van der Waals surface area contributed by atoms with Crippen molar-refractivity contribution in [3.63, 3.8) is 0 Å². The number of halogens is 1. The van der Waals surface area contributed by atoms with Gasteiger partial charge in [0.05, 0.1) is 12.3 Å². The lowest BCUT2D eigenvalue weighted by Gasteiger charge is -2.14. The predicted octanol–water partition coefficient (Wildman–Crippen LogP) is 3.29. The molecule has 1 fully saturated rings. The van der Waals surface area contributed by atoms with Crippen LogP contribution in [0.1, 0.15) is 38.2 Å². The van der Waals surface area contributed by atoms with Crippen LogP contribution in [0.15, 0.2) is 18.2 Å². The molecule has 1 aliphatic rings. The summed E-state index contributed by atoms with van der Waals surface area (Å²) >= 11 is 0. The van der Waals surface area contributed by atoms with Crippen molar-refractivity contribution in [2.75, 3.05) is 18.5 Å². The van der Waals surface area contributed by atoms with E-state index >= 15 is 0 Å². The second-order valence-corrected chi connectivity index (χ2v) is 5.39. The molecular formula is C16H25ClN2O2. The topological polar surface area (TPSA) is 50.4 Å². The number of nitrogens with one attached hydrogen (secondary N) is 2. The summed E-state index contributed by atoms with van der Waals surface area (Å²) in [5.74, 6) is 0.814. The molecule has 1 unspecified atom stereocenters. The van der Waals surface area contributed by atoms with Crippen molar-refractivity contribution in [3.05, 3.63) is 23.8 Å².